The van der Waals surface area contributed by atoms with Gasteiger partial charge in [0.25, 0.3) is 0 Å². The van der Waals surface area contributed by atoms with Gasteiger partial charge in [0.05, 0.1) is 22.3 Å². The third-order valence-corrected chi connectivity index (χ3v) is 9.55. The molecule has 2 aliphatic rings. The lowest BCUT2D eigenvalue weighted by molar-refractivity contribution is -0.118. The maximum Gasteiger partial charge on any atom is 0.235 e. The van der Waals surface area contributed by atoms with Gasteiger partial charge >= 0.3 is 0 Å². The number of nitrogens with zero attached hydrogens (tertiary/aromatic N) is 2. The molecule has 1 aliphatic carbocycles. The maximum absolute atomic E-state index is 13.3. The fraction of sp³-hybridized carbons (Fsp3) is 0.258. The standard InChI is InChI=1S/C31H32N6O3S/c1-40-27-10-3-2-9-26(27)31(15-16-31)29(38)35-22-13-11-21(12-14-22)25-20-34-30-36-23-7-6-8-24(19-23)41(32,39)18-5-4-17-33-28(25)37-30/h2-3,6-14,19-20,32H,4-5,15-18H2,1H3,(H,35,38)(H2,33,34,36,37). The number of benzene rings is 3. The second-order valence-corrected chi connectivity index (χ2v) is 12.7. The smallest absolute Gasteiger partial charge is 0.235 e. The summed E-state index contributed by atoms with van der Waals surface area (Å²) in [5.74, 6) is 2.08. The highest BCUT2D eigenvalue weighted by Gasteiger charge is 2.52. The van der Waals surface area contributed by atoms with E-state index in [-0.39, 0.29) is 5.91 Å². The molecular weight excluding hydrogens is 536 g/mol. The fourth-order valence-electron chi connectivity index (χ4n) is 5.22. The van der Waals surface area contributed by atoms with Crippen LogP contribution in [0.15, 0.2) is 83.9 Å². The lowest BCUT2D eigenvalue weighted by atomic mass is 9.93. The number of para-hydroxylation sites is 1. The Morgan fingerprint density at radius 1 is 1.05 bits per heavy atom. The second kappa shape index (κ2) is 10.9. The van der Waals surface area contributed by atoms with E-state index in [1.807, 2.05) is 54.6 Å². The number of fused-ring (bicyclic) bond motifs is 4. The number of rotatable bonds is 5. The number of amides is 1. The van der Waals surface area contributed by atoms with Crippen LogP contribution >= 0.6 is 0 Å². The van der Waals surface area contributed by atoms with E-state index in [1.165, 1.54) is 0 Å². The zero-order valence-corrected chi connectivity index (χ0v) is 23.6. The highest BCUT2D eigenvalue weighted by atomic mass is 32.2. The van der Waals surface area contributed by atoms with E-state index in [1.54, 1.807) is 31.5 Å². The lowest BCUT2D eigenvalue weighted by Crippen LogP contribution is -2.28. The zero-order valence-electron chi connectivity index (χ0n) is 22.8. The van der Waals surface area contributed by atoms with Crippen molar-refractivity contribution in [3.63, 3.8) is 0 Å². The van der Waals surface area contributed by atoms with Gasteiger partial charge in [-0.1, -0.05) is 36.4 Å². The molecule has 9 nitrogen and oxygen atoms in total. The highest BCUT2D eigenvalue weighted by Crippen LogP contribution is 2.52. The highest BCUT2D eigenvalue weighted by molar-refractivity contribution is 7.92. The number of aromatic nitrogens is 2. The normalized spacial score (nSPS) is 19.2. The third kappa shape index (κ3) is 5.47. The van der Waals surface area contributed by atoms with Crippen molar-refractivity contribution in [2.45, 2.75) is 36.0 Å². The van der Waals surface area contributed by atoms with Crippen molar-refractivity contribution in [1.29, 1.82) is 4.78 Å². The molecule has 1 unspecified atom stereocenters. The molecule has 3 aromatic carbocycles. The summed E-state index contributed by atoms with van der Waals surface area (Å²) in [6, 6.07) is 22.5. The molecule has 1 aromatic heterocycles. The summed E-state index contributed by atoms with van der Waals surface area (Å²) in [6.45, 7) is 0.621. The number of ether oxygens (including phenoxy) is 1. The van der Waals surface area contributed by atoms with Gasteiger partial charge in [-0.25, -0.2) is 14.0 Å². The van der Waals surface area contributed by atoms with Crippen molar-refractivity contribution in [3.05, 3.63) is 84.6 Å². The van der Waals surface area contributed by atoms with Crippen molar-refractivity contribution in [2.75, 3.05) is 35.4 Å². The van der Waals surface area contributed by atoms with Gasteiger partial charge < -0.3 is 20.7 Å². The number of carbonyl (C=O) groups excluding carboxylic acids is 1. The molecule has 41 heavy (non-hydrogen) atoms. The number of methoxy groups -OCH3 is 1. The molecular formula is C31H32N6O3S. The molecule has 6 rings (SSSR count). The van der Waals surface area contributed by atoms with E-state index in [4.69, 9.17) is 14.5 Å². The summed E-state index contributed by atoms with van der Waals surface area (Å²) >= 11 is 0. The molecule has 4 bridgehead atoms. The minimum Gasteiger partial charge on any atom is -0.496 e. The number of anilines is 4. The average molecular weight is 569 g/mol. The van der Waals surface area contributed by atoms with Gasteiger partial charge in [0, 0.05) is 45.9 Å². The van der Waals surface area contributed by atoms with Crippen molar-refractivity contribution < 1.29 is 13.7 Å². The summed E-state index contributed by atoms with van der Waals surface area (Å²) in [5, 5.41) is 9.68. The summed E-state index contributed by atoms with van der Waals surface area (Å²) < 4.78 is 26.9. The van der Waals surface area contributed by atoms with Crippen LogP contribution in [0.1, 0.15) is 31.2 Å². The van der Waals surface area contributed by atoms with Gasteiger partial charge in [-0.05, 0) is 67.6 Å². The predicted octanol–water partition coefficient (Wildman–Crippen LogP) is 6.18. The Morgan fingerprint density at radius 3 is 2.63 bits per heavy atom. The number of hydrogen-bond donors (Lipinski definition) is 4. The molecule has 1 fully saturated rings. The lowest BCUT2D eigenvalue weighted by Gasteiger charge is -2.19. The summed E-state index contributed by atoms with van der Waals surface area (Å²) in [4.78, 5) is 23.1. The number of nitrogens with one attached hydrogen (secondary N) is 4. The van der Waals surface area contributed by atoms with E-state index in [0.717, 1.165) is 41.7 Å². The molecule has 0 radical (unpaired) electrons. The quantitative estimate of drug-likeness (QED) is 0.226. The summed E-state index contributed by atoms with van der Waals surface area (Å²) in [5.41, 5.74) is 3.49. The van der Waals surface area contributed by atoms with Crippen molar-refractivity contribution in [1.82, 2.24) is 9.97 Å². The average Bonchev–Trinajstić information content (AvgIpc) is 3.80. The summed E-state index contributed by atoms with van der Waals surface area (Å²) in [6.07, 6.45) is 4.75. The predicted molar refractivity (Wildman–Crippen MR) is 161 cm³/mol. The Balaban J connectivity index is 1.23. The topological polar surface area (TPSA) is 129 Å². The molecule has 210 valence electrons. The van der Waals surface area contributed by atoms with Crippen molar-refractivity contribution in [2.24, 2.45) is 0 Å². The minimum atomic E-state index is -2.87. The first kappa shape index (κ1) is 26.8. The molecule has 0 spiro atoms. The van der Waals surface area contributed by atoms with Crippen LogP contribution < -0.4 is 20.7 Å². The molecule has 1 atom stereocenters. The van der Waals surface area contributed by atoms with Crippen LogP contribution in [0.5, 0.6) is 5.75 Å². The van der Waals surface area contributed by atoms with Crippen LogP contribution in [0.3, 0.4) is 0 Å². The van der Waals surface area contributed by atoms with E-state index < -0.39 is 15.1 Å². The molecule has 4 aromatic rings. The summed E-state index contributed by atoms with van der Waals surface area (Å²) in [7, 11) is -1.24. The number of hydrogen-bond acceptors (Lipinski definition) is 8. The van der Waals surface area contributed by atoms with Crippen LogP contribution in [-0.4, -0.2) is 39.5 Å². The largest absolute Gasteiger partial charge is 0.496 e. The van der Waals surface area contributed by atoms with Crippen LogP contribution in [0.2, 0.25) is 0 Å². The van der Waals surface area contributed by atoms with E-state index in [2.05, 4.69) is 20.9 Å². The molecule has 1 amide bonds. The van der Waals surface area contributed by atoms with E-state index in [9.17, 15) is 9.00 Å². The molecule has 2 heterocycles. The SMILES string of the molecule is COc1ccccc1C1(C(=O)Nc2ccc(-c3cnc4nc3NCCCCS(=N)(=O)c3cccc(c3)N4)cc2)CC1. The van der Waals surface area contributed by atoms with Gasteiger partial charge in [-0.3, -0.25) is 4.79 Å². The first-order valence-corrected chi connectivity index (χ1v) is 15.4. The molecule has 4 N–H and O–H groups in total. The third-order valence-electron chi connectivity index (χ3n) is 7.67. The molecule has 1 saturated carbocycles. The minimum absolute atomic E-state index is 0.0334. The zero-order chi connectivity index (χ0) is 28.5. The van der Waals surface area contributed by atoms with Gasteiger partial charge in [-0.15, -0.1) is 0 Å². The van der Waals surface area contributed by atoms with Gasteiger partial charge in [-0.2, -0.15) is 4.98 Å². The van der Waals surface area contributed by atoms with Crippen LogP contribution in [-0.2, 0) is 19.9 Å². The van der Waals surface area contributed by atoms with Crippen LogP contribution in [0.4, 0.5) is 23.1 Å². The molecule has 10 heteroatoms. The molecule has 0 saturated heterocycles. The van der Waals surface area contributed by atoms with Crippen LogP contribution in [0.25, 0.3) is 11.1 Å². The first-order valence-electron chi connectivity index (χ1n) is 13.7. The monoisotopic (exact) mass is 568 g/mol. The Kier molecular flexibility index (Phi) is 7.08. The Morgan fingerprint density at radius 2 is 1.85 bits per heavy atom. The first-order chi connectivity index (χ1) is 19.9. The van der Waals surface area contributed by atoms with Gasteiger partial charge in [0.15, 0.2) is 0 Å². The Labute approximate surface area is 239 Å². The fourth-order valence-corrected chi connectivity index (χ4v) is 6.68. The second-order valence-electron chi connectivity index (χ2n) is 10.4. The maximum atomic E-state index is 13.3. The number of carbonyl (C=O) groups is 1. The van der Waals surface area contributed by atoms with Crippen molar-refractivity contribution in [3.8, 4) is 16.9 Å². The van der Waals surface area contributed by atoms with Crippen molar-refractivity contribution >= 4 is 38.8 Å². The molecule has 1 aliphatic heterocycles. The Bertz CT molecular complexity index is 1700. The van der Waals surface area contributed by atoms with Gasteiger partial charge in [0.2, 0.25) is 11.9 Å². The van der Waals surface area contributed by atoms with Crippen LogP contribution in [0, 0.1) is 4.78 Å². The van der Waals surface area contributed by atoms with Gasteiger partial charge in [0.1, 0.15) is 11.6 Å². The van der Waals surface area contributed by atoms with E-state index >= 15 is 0 Å². The Hall–Kier alpha value is -4.44. The van der Waals surface area contributed by atoms with E-state index in [0.29, 0.717) is 46.8 Å².